The molecular weight excluding hydrogens is 245 g/mol. The zero-order valence-corrected chi connectivity index (χ0v) is 8.48. The second kappa shape index (κ2) is 3.41. The third-order valence-corrected chi connectivity index (χ3v) is 2.45. The van der Waals surface area contributed by atoms with Crippen LogP contribution in [0.5, 0.6) is 0 Å². The highest BCUT2D eigenvalue weighted by Gasteiger charge is 2.11. The van der Waals surface area contributed by atoms with Crippen molar-refractivity contribution in [2.45, 2.75) is 6.92 Å². The van der Waals surface area contributed by atoms with Crippen LogP contribution in [0.15, 0.2) is 10.5 Å². The van der Waals surface area contributed by atoms with Gasteiger partial charge >= 0.3 is 5.97 Å². The largest absolute Gasteiger partial charge is 0.477 e. The van der Waals surface area contributed by atoms with Crippen LogP contribution in [0.4, 0.5) is 0 Å². The number of carboxylic acid groups (broad SMARTS) is 1. The van der Waals surface area contributed by atoms with Crippen LogP contribution in [0, 0.1) is 6.92 Å². The molecule has 0 spiro atoms. The zero-order valence-electron chi connectivity index (χ0n) is 6.14. The summed E-state index contributed by atoms with van der Waals surface area (Å²) in [4.78, 5) is 14.2. The van der Waals surface area contributed by atoms with Gasteiger partial charge in [-0.25, -0.2) is 9.78 Å². The number of nitrogens with zero attached hydrogens (tertiary/aromatic N) is 1. The van der Waals surface area contributed by atoms with E-state index >= 15 is 0 Å². The first kappa shape index (κ1) is 9.48. The second-order valence-corrected chi connectivity index (χ2v) is 3.44. The van der Waals surface area contributed by atoms with Crippen LogP contribution in [0.2, 0.25) is 5.15 Å². The average Bonchev–Trinajstić information content (AvgIpc) is 1.96. The summed E-state index contributed by atoms with van der Waals surface area (Å²) < 4.78 is 0.603. The number of hydrogen-bond acceptors (Lipinski definition) is 2. The van der Waals surface area contributed by atoms with Gasteiger partial charge in [0.2, 0.25) is 0 Å². The van der Waals surface area contributed by atoms with Crippen molar-refractivity contribution in [1.29, 1.82) is 0 Å². The van der Waals surface area contributed by atoms with E-state index in [4.69, 9.17) is 16.7 Å². The van der Waals surface area contributed by atoms with Crippen molar-refractivity contribution in [1.82, 2.24) is 4.98 Å². The molecule has 0 saturated heterocycles. The Bertz CT molecular complexity index is 340. The first-order valence-electron chi connectivity index (χ1n) is 3.08. The fourth-order valence-corrected chi connectivity index (χ4v) is 1.35. The molecule has 0 radical (unpaired) electrons. The maximum Gasteiger partial charge on any atom is 0.354 e. The molecule has 1 rings (SSSR count). The highest BCUT2D eigenvalue weighted by atomic mass is 79.9. The molecule has 0 fully saturated rings. The second-order valence-electron chi connectivity index (χ2n) is 2.23. The third kappa shape index (κ3) is 1.76. The molecule has 64 valence electrons. The number of hydrogen-bond donors (Lipinski definition) is 1. The molecule has 0 amide bonds. The van der Waals surface area contributed by atoms with Crippen LogP contribution in [0.25, 0.3) is 0 Å². The van der Waals surface area contributed by atoms with Crippen molar-refractivity contribution < 1.29 is 9.90 Å². The highest BCUT2D eigenvalue weighted by Crippen LogP contribution is 2.22. The van der Waals surface area contributed by atoms with Crippen LogP contribution in [0.3, 0.4) is 0 Å². The SMILES string of the molecule is Cc1cc(Br)c(Cl)nc1C(=O)O. The summed E-state index contributed by atoms with van der Waals surface area (Å²) in [6, 6.07) is 1.62. The summed E-state index contributed by atoms with van der Waals surface area (Å²) >= 11 is 8.75. The van der Waals surface area contributed by atoms with Crippen molar-refractivity contribution in [3.05, 3.63) is 26.9 Å². The fraction of sp³-hybridized carbons (Fsp3) is 0.143. The van der Waals surface area contributed by atoms with Gasteiger partial charge in [0.25, 0.3) is 0 Å². The van der Waals surface area contributed by atoms with Gasteiger partial charge in [0.1, 0.15) is 5.15 Å². The zero-order chi connectivity index (χ0) is 9.30. The molecule has 0 aromatic carbocycles. The van der Waals surface area contributed by atoms with Crippen molar-refractivity contribution in [2.75, 3.05) is 0 Å². The van der Waals surface area contributed by atoms with E-state index in [1.54, 1.807) is 13.0 Å². The lowest BCUT2D eigenvalue weighted by Crippen LogP contribution is -2.03. The van der Waals surface area contributed by atoms with E-state index in [-0.39, 0.29) is 10.8 Å². The van der Waals surface area contributed by atoms with E-state index in [0.717, 1.165) is 0 Å². The molecule has 1 heterocycles. The Hall–Kier alpha value is -0.610. The lowest BCUT2D eigenvalue weighted by Gasteiger charge is -2.01. The lowest BCUT2D eigenvalue weighted by atomic mass is 10.2. The molecule has 0 aliphatic carbocycles. The number of carbonyl (C=O) groups is 1. The number of pyridine rings is 1. The molecule has 5 heteroatoms. The minimum atomic E-state index is -1.07. The van der Waals surface area contributed by atoms with E-state index < -0.39 is 5.97 Å². The van der Waals surface area contributed by atoms with Gasteiger partial charge < -0.3 is 5.11 Å². The Balaban J connectivity index is 3.33. The fourth-order valence-electron chi connectivity index (χ4n) is 0.774. The summed E-state index contributed by atoms with van der Waals surface area (Å²) in [5.41, 5.74) is 0.571. The van der Waals surface area contributed by atoms with Crippen molar-refractivity contribution in [3.63, 3.8) is 0 Å². The third-order valence-electron chi connectivity index (χ3n) is 1.33. The maximum absolute atomic E-state index is 10.5. The quantitative estimate of drug-likeness (QED) is 0.779. The maximum atomic E-state index is 10.5. The smallest absolute Gasteiger partial charge is 0.354 e. The van der Waals surface area contributed by atoms with E-state index in [1.165, 1.54) is 0 Å². The van der Waals surface area contributed by atoms with Crippen LogP contribution < -0.4 is 0 Å². The number of carboxylic acids is 1. The van der Waals surface area contributed by atoms with Gasteiger partial charge in [-0.3, -0.25) is 0 Å². The lowest BCUT2D eigenvalue weighted by molar-refractivity contribution is 0.0689. The van der Waals surface area contributed by atoms with E-state index in [9.17, 15) is 4.79 Å². The Kier molecular flexibility index (Phi) is 2.69. The predicted molar refractivity (Wildman–Crippen MR) is 48.6 cm³/mol. The summed E-state index contributed by atoms with van der Waals surface area (Å²) in [7, 11) is 0. The highest BCUT2D eigenvalue weighted by molar-refractivity contribution is 9.10. The molecule has 1 aromatic rings. The Morgan fingerprint density at radius 1 is 1.75 bits per heavy atom. The molecule has 0 unspecified atom stereocenters. The standard InChI is InChI=1S/C7H5BrClNO2/c1-3-2-4(8)6(9)10-5(3)7(11)12/h2H,1H3,(H,11,12). The average molecular weight is 250 g/mol. The molecule has 12 heavy (non-hydrogen) atoms. The molecule has 3 nitrogen and oxygen atoms in total. The van der Waals surface area contributed by atoms with Gasteiger partial charge in [0.15, 0.2) is 5.69 Å². The monoisotopic (exact) mass is 249 g/mol. The van der Waals surface area contributed by atoms with E-state index in [1.807, 2.05) is 0 Å². The Morgan fingerprint density at radius 2 is 2.33 bits per heavy atom. The predicted octanol–water partition coefficient (Wildman–Crippen LogP) is 2.50. The van der Waals surface area contributed by atoms with E-state index in [0.29, 0.717) is 10.0 Å². The van der Waals surface area contributed by atoms with Crippen molar-refractivity contribution >= 4 is 33.5 Å². The molecule has 0 atom stereocenters. The normalized spacial score (nSPS) is 9.92. The van der Waals surface area contributed by atoms with Crippen LogP contribution >= 0.6 is 27.5 Å². The van der Waals surface area contributed by atoms with Crippen LogP contribution in [-0.2, 0) is 0 Å². The molecule has 0 saturated carbocycles. The first-order chi connectivity index (χ1) is 5.52. The van der Waals surface area contributed by atoms with Gasteiger partial charge in [0, 0.05) is 0 Å². The van der Waals surface area contributed by atoms with E-state index in [2.05, 4.69) is 20.9 Å². The topological polar surface area (TPSA) is 50.2 Å². The van der Waals surface area contributed by atoms with Crippen molar-refractivity contribution in [3.8, 4) is 0 Å². The minimum Gasteiger partial charge on any atom is -0.477 e. The molecule has 0 aliphatic heterocycles. The summed E-state index contributed by atoms with van der Waals surface area (Å²) in [6.07, 6.45) is 0. The first-order valence-corrected chi connectivity index (χ1v) is 4.25. The van der Waals surface area contributed by atoms with Crippen LogP contribution in [0.1, 0.15) is 16.1 Å². The van der Waals surface area contributed by atoms with Crippen LogP contribution in [-0.4, -0.2) is 16.1 Å². The summed E-state index contributed by atoms with van der Waals surface area (Å²) in [6.45, 7) is 1.66. The number of aryl methyl sites for hydroxylation is 1. The Morgan fingerprint density at radius 3 is 2.83 bits per heavy atom. The van der Waals surface area contributed by atoms with Gasteiger partial charge in [-0.05, 0) is 34.5 Å². The van der Waals surface area contributed by atoms with Gasteiger partial charge in [-0.1, -0.05) is 11.6 Å². The van der Waals surface area contributed by atoms with Gasteiger partial charge in [-0.2, -0.15) is 0 Å². The number of rotatable bonds is 1. The molecular formula is C7H5BrClNO2. The minimum absolute atomic E-state index is 0.0109. The van der Waals surface area contributed by atoms with Gasteiger partial charge in [-0.15, -0.1) is 0 Å². The number of aromatic nitrogens is 1. The number of halogens is 2. The summed E-state index contributed by atoms with van der Waals surface area (Å²) in [5, 5.41) is 8.81. The molecule has 0 aliphatic rings. The summed E-state index contributed by atoms with van der Waals surface area (Å²) in [5.74, 6) is -1.07. The molecule has 0 bridgehead atoms. The Labute approximate surface area is 82.5 Å². The molecule has 1 N–H and O–H groups in total. The van der Waals surface area contributed by atoms with Crippen molar-refractivity contribution in [2.24, 2.45) is 0 Å². The van der Waals surface area contributed by atoms with Gasteiger partial charge in [0.05, 0.1) is 4.47 Å². The number of aromatic carboxylic acids is 1. The molecule has 1 aromatic heterocycles.